The maximum absolute atomic E-state index is 13.3. The van der Waals surface area contributed by atoms with Gasteiger partial charge in [0.1, 0.15) is 18.2 Å². The van der Waals surface area contributed by atoms with Crippen LogP contribution in [0.4, 0.5) is 10.1 Å². The van der Waals surface area contributed by atoms with E-state index >= 15 is 0 Å². The number of ether oxygens (including phenoxy) is 1. The van der Waals surface area contributed by atoms with Gasteiger partial charge in [0.2, 0.25) is 0 Å². The second-order valence-electron chi connectivity index (χ2n) is 5.05. The highest BCUT2D eigenvalue weighted by atomic mass is 19.1. The van der Waals surface area contributed by atoms with Gasteiger partial charge in [0.25, 0.3) is 5.91 Å². The SMILES string of the molecule is CC(=O)c1ccc2c(c1)N(C(=O)c1cccc(F)c1)CCO2. The van der Waals surface area contributed by atoms with Gasteiger partial charge in [-0.15, -0.1) is 0 Å². The lowest BCUT2D eigenvalue weighted by molar-refractivity contribution is 0.0972. The molecule has 0 N–H and O–H groups in total. The lowest BCUT2D eigenvalue weighted by atomic mass is 10.1. The third kappa shape index (κ3) is 2.57. The Bertz CT molecular complexity index is 757. The van der Waals surface area contributed by atoms with Crippen LogP contribution in [0.25, 0.3) is 0 Å². The van der Waals surface area contributed by atoms with E-state index in [-0.39, 0.29) is 17.3 Å². The van der Waals surface area contributed by atoms with E-state index < -0.39 is 5.82 Å². The average Bonchev–Trinajstić information content (AvgIpc) is 2.53. The first-order chi connectivity index (χ1) is 10.6. The number of ketones is 1. The van der Waals surface area contributed by atoms with E-state index in [2.05, 4.69) is 0 Å². The number of hydrogen-bond acceptors (Lipinski definition) is 3. The molecule has 2 aromatic rings. The number of halogens is 1. The van der Waals surface area contributed by atoms with E-state index in [1.807, 2.05) is 0 Å². The molecule has 0 atom stereocenters. The van der Waals surface area contributed by atoms with Gasteiger partial charge in [-0.25, -0.2) is 4.39 Å². The van der Waals surface area contributed by atoms with Crippen LogP contribution in [0.1, 0.15) is 27.6 Å². The quantitative estimate of drug-likeness (QED) is 0.801. The van der Waals surface area contributed by atoms with Crippen LogP contribution in [0.2, 0.25) is 0 Å². The number of carbonyl (C=O) groups is 2. The Kier molecular flexibility index (Phi) is 3.63. The Hall–Kier alpha value is -2.69. The van der Waals surface area contributed by atoms with Crippen LogP contribution in [-0.2, 0) is 0 Å². The number of anilines is 1. The molecule has 1 aliphatic rings. The van der Waals surface area contributed by atoms with Crippen LogP contribution in [0.3, 0.4) is 0 Å². The summed E-state index contributed by atoms with van der Waals surface area (Å²) in [6.45, 7) is 2.17. The lowest BCUT2D eigenvalue weighted by Gasteiger charge is -2.30. The Balaban J connectivity index is 2.02. The van der Waals surface area contributed by atoms with Crippen LogP contribution >= 0.6 is 0 Å². The molecule has 2 aromatic carbocycles. The van der Waals surface area contributed by atoms with E-state index in [1.165, 1.54) is 30.0 Å². The first kappa shape index (κ1) is 14.3. The van der Waals surface area contributed by atoms with Gasteiger partial charge in [-0.1, -0.05) is 6.07 Å². The summed E-state index contributed by atoms with van der Waals surface area (Å²) >= 11 is 0. The zero-order chi connectivity index (χ0) is 15.7. The van der Waals surface area contributed by atoms with Crippen LogP contribution < -0.4 is 9.64 Å². The summed E-state index contributed by atoms with van der Waals surface area (Å²) in [5.41, 5.74) is 1.30. The normalized spacial score (nSPS) is 13.3. The standard InChI is InChI=1S/C17H14FNO3/c1-11(20)12-5-6-16-15(10-12)19(7-8-22-16)17(21)13-3-2-4-14(18)9-13/h2-6,9-10H,7-8H2,1H3. The van der Waals surface area contributed by atoms with Crippen molar-refractivity contribution in [2.24, 2.45) is 0 Å². The molecule has 22 heavy (non-hydrogen) atoms. The Morgan fingerprint density at radius 3 is 2.68 bits per heavy atom. The van der Waals surface area contributed by atoms with E-state index in [0.717, 1.165) is 0 Å². The van der Waals surface area contributed by atoms with Crippen molar-refractivity contribution in [3.8, 4) is 5.75 Å². The van der Waals surface area contributed by atoms with Crippen molar-refractivity contribution in [2.45, 2.75) is 6.92 Å². The van der Waals surface area contributed by atoms with Gasteiger partial charge in [0, 0.05) is 11.1 Å². The minimum atomic E-state index is -0.461. The Labute approximate surface area is 127 Å². The van der Waals surface area contributed by atoms with Crippen molar-refractivity contribution >= 4 is 17.4 Å². The second kappa shape index (κ2) is 5.60. The molecule has 0 aliphatic carbocycles. The summed E-state index contributed by atoms with van der Waals surface area (Å²) < 4.78 is 18.8. The lowest BCUT2D eigenvalue weighted by Crippen LogP contribution is -2.38. The number of carbonyl (C=O) groups excluding carboxylic acids is 2. The first-order valence-electron chi connectivity index (χ1n) is 6.91. The number of benzene rings is 2. The molecule has 0 fully saturated rings. The number of rotatable bonds is 2. The second-order valence-corrected chi connectivity index (χ2v) is 5.05. The molecule has 0 saturated carbocycles. The van der Waals surface area contributed by atoms with Gasteiger partial charge >= 0.3 is 0 Å². The molecular formula is C17H14FNO3. The molecular weight excluding hydrogens is 285 g/mol. The molecule has 0 aromatic heterocycles. The Morgan fingerprint density at radius 1 is 1.14 bits per heavy atom. The topological polar surface area (TPSA) is 46.6 Å². The summed E-state index contributed by atoms with van der Waals surface area (Å²) in [5.74, 6) is -0.325. The molecule has 0 bridgehead atoms. The maximum Gasteiger partial charge on any atom is 0.258 e. The maximum atomic E-state index is 13.3. The van der Waals surface area contributed by atoms with Crippen molar-refractivity contribution in [3.63, 3.8) is 0 Å². The molecule has 112 valence electrons. The highest BCUT2D eigenvalue weighted by Gasteiger charge is 2.25. The van der Waals surface area contributed by atoms with Crippen molar-refractivity contribution < 1.29 is 18.7 Å². The van der Waals surface area contributed by atoms with E-state index in [4.69, 9.17) is 4.74 Å². The molecule has 0 saturated heterocycles. The zero-order valence-electron chi connectivity index (χ0n) is 12.0. The monoisotopic (exact) mass is 299 g/mol. The number of nitrogens with zero attached hydrogens (tertiary/aromatic N) is 1. The highest BCUT2D eigenvalue weighted by molar-refractivity contribution is 6.08. The minimum Gasteiger partial charge on any atom is -0.490 e. The summed E-state index contributed by atoms with van der Waals surface area (Å²) in [7, 11) is 0. The van der Waals surface area contributed by atoms with Crippen LogP contribution in [0.5, 0.6) is 5.75 Å². The van der Waals surface area contributed by atoms with Crippen LogP contribution in [0, 0.1) is 5.82 Å². The molecule has 0 radical (unpaired) electrons. The van der Waals surface area contributed by atoms with Gasteiger partial charge < -0.3 is 9.64 Å². The third-order valence-electron chi connectivity index (χ3n) is 3.55. The van der Waals surface area contributed by atoms with Gasteiger partial charge in [-0.3, -0.25) is 9.59 Å². The molecule has 0 unspecified atom stereocenters. The summed E-state index contributed by atoms with van der Waals surface area (Å²) in [6, 6.07) is 10.5. The molecule has 4 nitrogen and oxygen atoms in total. The molecule has 0 spiro atoms. The van der Waals surface area contributed by atoms with E-state index in [1.54, 1.807) is 24.3 Å². The third-order valence-corrected chi connectivity index (χ3v) is 3.55. The van der Waals surface area contributed by atoms with Crippen molar-refractivity contribution in [2.75, 3.05) is 18.1 Å². The van der Waals surface area contributed by atoms with Crippen LogP contribution in [0.15, 0.2) is 42.5 Å². The summed E-state index contributed by atoms with van der Waals surface area (Å²) in [4.78, 5) is 25.7. The molecule has 1 amide bonds. The largest absolute Gasteiger partial charge is 0.490 e. The Morgan fingerprint density at radius 2 is 1.95 bits per heavy atom. The summed E-state index contributed by atoms with van der Waals surface area (Å²) in [5, 5.41) is 0. The van der Waals surface area contributed by atoms with Gasteiger partial charge in [-0.05, 0) is 43.3 Å². The fraction of sp³-hybridized carbons (Fsp3) is 0.176. The predicted molar refractivity (Wildman–Crippen MR) is 80.0 cm³/mol. The molecule has 1 aliphatic heterocycles. The summed E-state index contributed by atoms with van der Waals surface area (Å²) in [6.07, 6.45) is 0. The number of amides is 1. The van der Waals surface area contributed by atoms with Gasteiger partial charge in [-0.2, -0.15) is 0 Å². The number of Topliss-reactive ketones (excluding diaryl/α,β-unsaturated/α-hetero) is 1. The van der Waals surface area contributed by atoms with Crippen LogP contribution in [-0.4, -0.2) is 24.8 Å². The predicted octanol–water partition coefficient (Wildman–Crippen LogP) is 3.07. The zero-order valence-corrected chi connectivity index (χ0v) is 12.0. The number of fused-ring (bicyclic) bond motifs is 1. The molecule has 3 rings (SSSR count). The smallest absolute Gasteiger partial charge is 0.258 e. The number of hydrogen-bond donors (Lipinski definition) is 0. The van der Waals surface area contributed by atoms with E-state index in [9.17, 15) is 14.0 Å². The first-order valence-corrected chi connectivity index (χ1v) is 6.91. The minimum absolute atomic E-state index is 0.0912. The molecule has 5 heteroatoms. The van der Waals surface area contributed by atoms with E-state index in [0.29, 0.717) is 30.2 Å². The van der Waals surface area contributed by atoms with Gasteiger partial charge in [0.05, 0.1) is 12.2 Å². The van der Waals surface area contributed by atoms with Crippen molar-refractivity contribution in [1.82, 2.24) is 0 Å². The van der Waals surface area contributed by atoms with Crippen molar-refractivity contribution in [1.29, 1.82) is 0 Å². The fourth-order valence-corrected chi connectivity index (χ4v) is 2.42. The molecule has 1 heterocycles. The fourth-order valence-electron chi connectivity index (χ4n) is 2.42. The van der Waals surface area contributed by atoms with Gasteiger partial charge in [0.15, 0.2) is 5.78 Å². The van der Waals surface area contributed by atoms with Crippen molar-refractivity contribution in [3.05, 3.63) is 59.4 Å². The average molecular weight is 299 g/mol. The highest BCUT2D eigenvalue weighted by Crippen LogP contribution is 2.33.